The monoisotopic (exact) mass is 286 g/mol. The lowest BCUT2D eigenvalue weighted by molar-refractivity contribution is 0.341. The highest BCUT2D eigenvalue weighted by Crippen LogP contribution is 2.18. The molecule has 3 aromatic heterocycles. The number of furan rings is 1. The Morgan fingerprint density at radius 1 is 1.38 bits per heavy atom. The largest absolute Gasteiger partial charge is 0.459 e. The van der Waals surface area contributed by atoms with Gasteiger partial charge >= 0.3 is 0 Å². The Bertz CT molecular complexity index is 717. The zero-order chi connectivity index (χ0) is 14.1. The molecule has 0 spiro atoms. The van der Waals surface area contributed by atoms with Crippen LogP contribution in [-0.2, 0) is 19.5 Å². The highest BCUT2D eigenvalue weighted by molar-refractivity contribution is 5.42. The number of nitrogens with zero attached hydrogens (tertiary/aromatic N) is 5. The summed E-state index contributed by atoms with van der Waals surface area (Å²) in [6.07, 6.45) is 5.14. The number of fused-ring (bicyclic) bond motifs is 1. The van der Waals surface area contributed by atoms with Gasteiger partial charge in [0.2, 0.25) is 5.89 Å². The normalized spacial score (nSPS) is 17.8. The molecule has 1 N–H and O–H groups in total. The van der Waals surface area contributed by atoms with E-state index < -0.39 is 0 Å². The minimum atomic E-state index is 0.332. The molecule has 1 atom stereocenters. The van der Waals surface area contributed by atoms with Crippen LogP contribution in [-0.4, -0.2) is 31.0 Å². The van der Waals surface area contributed by atoms with Crippen LogP contribution in [0.15, 0.2) is 33.6 Å². The van der Waals surface area contributed by atoms with Crippen LogP contribution in [0.1, 0.15) is 18.1 Å². The predicted octanol–water partition coefficient (Wildman–Crippen LogP) is 1.03. The second-order valence-corrected chi connectivity index (χ2v) is 4.95. The number of nitrogens with one attached hydrogen (secondary N) is 1. The minimum Gasteiger partial charge on any atom is -0.459 e. The average molecular weight is 286 g/mol. The molecule has 108 valence electrons. The van der Waals surface area contributed by atoms with Gasteiger partial charge in [-0.2, -0.15) is 5.10 Å². The van der Waals surface area contributed by atoms with E-state index in [1.54, 1.807) is 24.7 Å². The van der Waals surface area contributed by atoms with Crippen molar-refractivity contribution in [2.45, 2.75) is 32.0 Å². The smallest absolute Gasteiger partial charge is 0.283 e. The van der Waals surface area contributed by atoms with Gasteiger partial charge in [-0.3, -0.25) is 0 Å². The zero-order valence-corrected chi connectivity index (χ0v) is 11.3. The van der Waals surface area contributed by atoms with Crippen LogP contribution in [0.5, 0.6) is 0 Å². The lowest BCUT2D eigenvalue weighted by Gasteiger charge is -2.22. The molecular weight excluding hydrogens is 272 g/mol. The highest BCUT2D eigenvalue weighted by atomic mass is 16.4. The molecule has 4 rings (SSSR count). The van der Waals surface area contributed by atoms with Crippen molar-refractivity contribution >= 4 is 0 Å². The van der Waals surface area contributed by atoms with Crippen molar-refractivity contribution in [3.63, 3.8) is 0 Å². The van der Waals surface area contributed by atoms with Crippen molar-refractivity contribution in [2.75, 3.05) is 0 Å². The van der Waals surface area contributed by atoms with E-state index in [0.717, 1.165) is 25.2 Å². The van der Waals surface area contributed by atoms with Gasteiger partial charge < -0.3 is 14.2 Å². The van der Waals surface area contributed by atoms with Crippen LogP contribution in [0.2, 0.25) is 0 Å². The van der Waals surface area contributed by atoms with Gasteiger partial charge in [-0.15, -0.1) is 10.2 Å². The SMILES string of the molecule is c1coc(-c2nnc(CN[C@@H]3CCc4ncnn4C3)o2)c1. The molecule has 4 heterocycles. The Morgan fingerprint density at radius 2 is 2.38 bits per heavy atom. The molecule has 1 aliphatic rings. The molecule has 0 saturated heterocycles. The molecule has 8 nitrogen and oxygen atoms in total. The first-order valence-electron chi connectivity index (χ1n) is 6.85. The van der Waals surface area contributed by atoms with Crippen molar-refractivity contribution in [1.29, 1.82) is 0 Å². The van der Waals surface area contributed by atoms with E-state index in [1.807, 2.05) is 4.68 Å². The fourth-order valence-corrected chi connectivity index (χ4v) is 2.46. The Balaban J connectivity index is 1.37. The number of aromatic nitrogens is 5. The van der Waals surface area contributed by atoms with Gasteiger partial charge in [0.05, 0.1) is 19.4 Å². The predicted molar refractivity (Wildman–Crippen MR) is 71.0 cm³/mol. The molecule has 0 unspecified atom stereocenters. The van der Waals surface area contributed by atoms with Crippen molar-refractivity contribution in [2.24, 2.45) is 0 Å². The molecule has 21 heavy (non-hydrogen) atoms. The minimum absolute atomic E-state index is 0.332. The summed E-state index contributed by atoms with van der Waals surface area (Å²) in [6.45, 7) is 1.34. The molecule has 8 heteroatoms. The maximum absolute atomic E-state index is 5.56. The van der Waals surface area contributed by atoms with Crippen LogP contribution in [0.3, 0.4) is 0 Å². The summed E-state index contributed by atoms with van der Waals surface area (Å²) in [7, 11) is 0. The Morgan fingerprint density at radius 3 is 3.29 bits per heavy atom. The standard InChI is InChI=1S/C13H14N6O2/c1-2-10(20-5-1)13-18-17-12(21-13)6-14-9-3-4-11-15-8-16-19(11)7-9/h1-2,5,8-9,14H,3-4,6-7H2/t9-/m1/s1. The van der Waals surface area contributed by atoms with Crippen LogP contribution in [0, 0.1) is 0 Å². The van der Waals surface area contributed by atoms with Crippen molar-refractivity contribution in [1.82, 2.24) is 30.3 Å². The maximum Gasteiger partial charge on any atom is 0.283 e. The second kappa shape index (κ2) is 5.13. The molecule has 0 amide bonds. The molecule has 0 radical (unpaired) electrons. The summed E-state index contributed by atoms with van der Waals surface area (Å²) >= 11 is 0. The van der Waals surface area contributed by atoms with Gasteiger partial charge in [0, 0.05) is 12.5 Å². The van der Waals surface area contributed by atoms with Gasteiger partial charge in [0.1, 0.15) is 12.2 Å². The molecule has 0 aromatic carbocycles. The highest BCUT2D eigenvalue weighted by Gasteiger charge is 2.20. The second-order valence-electron chi connectivity index (χ2n) is 4.95. The number of hydrogen-bond donors (Lipinski definition) is 1. The van der Waals surface area contributed by atoms with Crippen LogP contribution in [0.25, 0.3) is 11.7 Å². The van der Waals surface area contributed by atoms with Gasteiger partial charge in [0.25, 0.3) is 5.89 Å². The molecule has 0 fully saturated rings. The third-order valence-corrected chi connectivity index (χ3v) is 3.55. The summed E-state index contributed by atoms with van der Waals surface area (Å²) in [6, 6.07) is 3.91. The number of hydrogen-bond acceptors (Lipinski definition) is 7. The lowest BCUT2D eigenvalue weighted by atomic mass is 10.1. The molecule has 0 saturated carbocycles. The van der Waals surface area contributed by atoms with E-state index in [-0.39, 0.29) is 0 Å². The average Bonchev–Trinajstić information content (AvgIpc) is 3.24. The maximum atomic E-state index is 5.56. The summed E-state index contributed by atoms with van der Waals surface area (Å²) < 4.78 is 12.7. The van der Waals surface area contributed by atoms with E-state index in [9.17, 15) is 0 Å². The summed E-state index contributed by atoms with van der Waals surface area (Å²) in [5.41, 5.74) is 0. The lowest BCUT2D eigenvalue weighted by Crippen LogP contribution is -2.37. The van der Waals surface area contributed by atoms with Crippen molar-refractivity contribution in [3.05, 3.63) is 36.4 Å². The van der Waals surface area contributed by atoms with Crippen LogP contribution >= 0.6 is 0 Å². The van der Waals surface area contributed by atoms with Gasteiger partial charge in [0.15, 0.2) is 5.76 Å². The molecule has 3 aromatic rings. The van der Waals surface area contributed by atoms with Gasteiger partial charge in [-0.25, -0.2) is 9.67 Å². The molecule has 0 aliphatic carbocycles. The Labute approximate surface area is 120 Å². The third-order valence-electron chi connectivity index (χ3n) is 3.55. The van der Waals surface area contributed by atoms with E-state index in [1.165, 1.54) is 0 Å². The van der Waals surface area contributed by atoms with Crippen molar-refractivity contribution in [3.8, 4) is 11.7 Å². The van der Waals surface area contributed by atoms with E-state index >= 15 is 0 Å². The first kappa shape index (κ1) is 12.3. The van der Waals surface area contributed by atoms with Crippen molar-refractivity contribution < 1.29 is 8.83 Å². The first-order chi connectivity index (χ1) is 10.4. The van der Waals surface area contributed by atoms with Gasteiger partial charge in [-0.1, -0.05) is 0 Å². The quantitative estimate of drug-likeness (QED) is 0.765. The van der Waals surface area contributed by atoms with Crippen LogP contribution < -0.4 is 5.32 Å². The third kappa shape index (κ3) is 2.45. The number of rotatable bonds is 4. The zero-order valence-electron chi connectivity index (χ0n) is 11.3. The topological polar surface area (TPSA) is 94.8 Å². The summed E-state index contributed by atoms with van der Waals surface area (Å²) in [4.78, 5) is 4.21. The summed E-state index contributed by atoms with van der Waals surface area (Å²) in [5, 5.41) is 15.6. The van der Waals surface area contributed by atoms with Crippen LogP contribution in [0.4, 0.5) is 0 Å². The first-order valence-corrected chi connectivity index (χ1v) is 6.85. The number of aryl methyl sites for hydroxylation is 1. The summed E-state index contributed by atoms with van der Waals surface area (Å²) in [5.74, 6) is 2.58. The fourth-order valence-electron chi connectivity index (χ4n) is 2.46. The molecule has 1 aliphatic heterocycles. The van der Waals surface area contributed by atoms with E-state index in [0.29, 0.717) is 30.1 Å². The van der Waals surface area contributed by atoms with E-state index in [4.69, 9.17) is 8.83 Å². The Hall–Kier alpha value is -2.48. The molecular formula is C13H14N6O2. The fraction of sp³-hybridized carbons (Fsp3) is 0.385. The molecule has 0 bridgehead atoms. The van der Waals surface area contributed by atoms with E-state index in [2.05, 4.69) is 25.6 Å². The van der Waals surface area contributed by atoms with Gasteiger partial charge in [-0.05, 0) is 18.6 Å². The Kier molecular flexibility index (Phi) is 3.00.